The highest BCUT2D eigenvalue weighted by atomic mass is 19.4. The largest absolute Gasteiger partial charge is 0.431 e. The topological polar surface area (TPSA) is 41.8 Å². The van der Waals surface area contributed by atoms with Gasteiger partial charge in [0, 0.05) is 12.1 Å². The Morgan fingerprint density at radius 3 is 2.50 bits per heavy atom. The molecule has 3 N–H and O–H groups in total. The zero-order valence-corrected chi connectivity index (χ0v) is 8.23. The van der Waals surface area contributed by atoms with Crippen molar-refractivity contribution in [1.82, 2.24) is 4.98 Å². The van der Waals surface area contributed by atoms with E-state index >= 15 is 0 Å². The molecule has 2 nitrogen and oxygen atoms in total. The van der Waals surface area contributed by atoms with Gasteiger partial charge in [-0.3, -0.25) is 0 Å². The average Bonchev–Trinajstić information content (AvgIpc) is 2.61. The predicted octanol–water partition coefficient (Wildman–Crippen LogP) is 1.44. The summed E-state index contributed by atoms with van der Waals surface area (Å²) in [7, 11) is 5.64. The molecule has 0 unspecified atom stereocenters. The van der Waals surface area contributed by atoms with Crippen LogP contribution in [0.5, 0.6) is 0 Å². The van der Waals surface area contributed by atoms with Crippen LogP contribution in [0.25, 0.3) is 10.9 Å². The van der Waals surface area contributed by atoms with Gasteiger partial charge in [-0.05, 0) is 23.1 Å². The number of H-pyrrole nitrogens is 1. The van der Waals surface area contributed by atoms with Crippen LogP contribution in [0.2, 0.25) is 0 Å². The van der Waals surface area contributed by atoms with Gasteiger partial charge < -0.3 is 10.7 Å². The summed E-state index contributed by atoms with van der Waals surface area (Å²) in [5, 5.41) is 0.424. The van der Waals surface area contributed by atoms with E-state index in [2.05, 4.69) is 4.98 Å². The van der Waals surface area contributed by atoms with Gasteiger partial charge >= 0.3 is 6.18 Å². The van der Waals surface area contributed by atoms with E-state index in [1.165, 1.54) is 0 Å². The first-order valence-electron chi connectivity index (χ1n) is 4.60. The summed E-state index contributed by atoms with van der Waals surface area (Å²) in [4.78, 5) is 2.26. The molecule has 1 aromatic carbocycles. The number of alkyl halides is 3. The summed E-state index contributed by atoms with van der Waals surface area (Å²) >= 11 is 0. The van der Waals surface area contributed by atoms with E-state index < -0.39 is 11.9 Å². The van der Waals surface area contributed by atoms with Gasteiger partial charge in [0.25, 0.3) is 0 Å². The Hall–Kier alpha value is -1.43. The van der Waals surface area contributed by atoms with Crippen molar-refractivity contribution in [3.63, 3.8) is 0 Å². The van der Waals surface area contributed by atoms with Crippen LogP contribution in [0.15, 0.2) is 18.2 Å². The molecule has 2 rings (SSSR count). The standard InChI is InChI=1S/C10H8BF3N2/c11-7-2-5(4-15)1-6-3-8(10(12,13)14)16-9(6)7/h1-3,16H,4,15H2. The minimum atomic E-state index is -4.39. The van der Waals surface area contributed by atoms with Crippen LogP contribution >= 0.6 is 0 Å². The number of aromatic nitrogens is 1. The molecule has 16 heavy (non-hydrogen) atoms. The monoisotopic (exact) mass is 224 g/mol. The lowest BCUT2D eigenvalue weighted by molar-refractivity contribution is -0.140. The first-order valence-corrected chi connectivity index (χ1v) is 4.60. The zero-order chi connectivity index (χ0) is 11.9. The van der Waals surface area contributed by atoms with Crippen LogP contribution < -0.4 is 11.2 Å². The number of fused-ring (bicyclic) bond motifs is 1. The molecule has 0 fully saturated rings. The Labute approximate surface area is 91.0 Å². The molecule has 0 saturated heterocycles. The van der Waals surface area contributed by atoms with Crippen LogP contribution in [0.4, 0.5) is 13.2 Å². The molecule has 0 saturated carbocycles. The third-order valence-electron chi connectivity index (χ3n) is 2.36. The highest BCUT2D eigenvalue weighted by Crippen LogP contribution is 2.30. The van der Waals surface area contributed by atoms with Crippen molar-refractivity contribution in [3.8, 4) is 0 Å². The first kappa shape index (κ1) is 11.1. The lowest BCUT2D eigenvalue weighted by Crippen LogP contribution is -2.09. The molecule has 2 aromatic rings. The van der Waals surface area contributed by atoms with E-state index in [0.29, 0.717) is 16.5 Å². The molecule has 1 heterocycles. The lowest BCUT2D eigenvalue weighted by atomic mass is 9.92. The highest BCUT2D eigenvalue weighted by molar-refractivity contribution is 6.38. The Balaban J connectivity index is 2.66. The average molecular weight is 224 g/mol. The Kier molecular flexibility index (Phi) is 2.46. The summed E-state index contributed by atoms with van der Waals surface area (Å²) in [5.74, 6) is 0. The van der Waals surface area contributed by atoms with Gasteiger partial charge in [-0.2, -0.15) is 13.2 Å². The maximum Gasteiger partial charge on any atom is 0.431 e. The number of nitrogens with one attached hydrogen (secondary N) is 1. The summed E-state index contributed by atoms with van der Waals surface area (Å²) in [6, 6.07) is 4.20. The fourth-order valence-electron chi connectivity index (χ4n) is 1.61. The Morgan fingerprint density at radius 1 is 1.25 bits per heavy atom. The molecule has 82 valence electrons. The summed E-state index contributed by atoms with van der Waals surface area (Å²) in [6.07, 6.45) is -4.39. The normalized spacial score (nSPS) is 12.2. The predicted molar refractivity (Wildman–Crippen MR) is 56.6 cm³/mol. The number of aromatic amines is 1. The summed E-state index contributed by atoms with van der Waals surface area (Å²) in [5.41, 5.74) is 5.89. The molecule has 2 radical (unpaired) electrons. The van der Waals surface area contributed by atoms with Crippen LogP contribution in [-0.4, -0.2) is 12.8 Å². The molecule has 1 aromatic heterocycles. The molecular weight excluding hydrogens is 216 g/mol. The molecule has 0 bridgehead atoms. The van der Waals surface area contributed by atoms with E-state index in [-0.39, 0.29) is 12.0 Å². The smallest absolute Gasteiger partial charge is 0.351 e. The highest BCUT2D eigenvalue weighted by Gasteiger charge is 2.32. The maximum atomic E-state index is 12.4. The maximum absolute atomic E-state index is 12.4. The molecule has 0 atom stereocenters. The van der Waals surface area contributed by atoms with Crippen molar-refractivity contribution in [2.75, 3.05) is 0 Å². The number of hydrogen-bond acceptors (Lipinski definition) is 1. The van der Waals surface area contributed by atoms with E-state index in [9.17, 15) is 13.2 Å². The summed E-state index contributed by atoms with van der Waals surface area (Å²) < 4.78 is 37.3. The second-order valence-corrected chi connectivity index (χ2v) is 3.53. The van der Waals surface area contributed by atoms with Gasteiger partial charge in [-0.15, -0.1) is 0 Å². The fraction of sp³-hybridized carbons (Fsp3) is 0.200. The van der Waals surface area contributed by atoms with Gasteiger partial charge in [-0.25, -0.2) is 0 Å². The second-order valence-electron chi connectivity index (χ2n) is 3.53. The number of nitrogens with two attached hydrogens (primary N) is 1. The zero-order valence-electron chi connectivity index (χ0n) is 8.23. The number of halogens is 3. The first-order chi connectivity index (χ1) is 7.41. The number of rotatable bonds is 1. The SMILES string of the molecule is [B]c1cc(CN)cc2cc(C(F)(F)F)[nH]c12. The van der Waals surface area contributed by atoms with Gasteiger partial charge in [0.2, 0.25) is 0 Å². The second kappa shape index (κ2) is 3.55. The quantitative estimate of drug-likeness (QED) is 0.707. The minimum absolute atomic E-state index is 0.243. The van der Waals surface area contributed by atoms with Crippen molar-refractivity contribution >= 4 is 24.2 Å². The van der Waals surface area contributed by atoms with E-state index in [1.54, 1.807) is 12.1 Å². The Morgan fingerprint density at radius 2 is 1.94 bits per heavy atom. The van der Waals surface area contributed by atoms with Crippen LogP contribution in [0.3, 0.4) is 0 Å². The van der Waals surface area contributed by atoms with Gasteiger partial charge in [0.15, 0.2) is 0 Å². The van der Waals surface area contributed by atoms with Crippen LogP contribution in [0, 0.1) is 0 Å². The molecule has 0 amide bonds. The third-order valence-corrected chi connectivity index (χ3v) is 2.36. The number of benzene rings is 1. The minimum Gasteiger partial charge on any atom is -0.351 e. The van der Waals surface area contributed by atoms with Gasteiger partial charge in [0.1, 0.15) is 13.5 Å². The molecular formula is C10H8BF3N2. The molecule has 0 aliphatic heterocycles. The third kappa shape index (κ3) is 1.80. The van der Waals surface area contributed by atoms with Crippen molar-refractivity contribution < 1.29 is 13.2 Å². The van der Waals surface area contributed by atoms with E-state index in [4.69, 9.17) is 13.6 Å². The van der Waals surface area contributed by atoms with Gasteiger partial charge in [0.05, 0.1) is 0 Å². The van der Waals surface area contributed by atoms with Gasteiger partial charge in [-0.1, -0.05) is 11.5 Å². The lowest BCUT2D eigenvalue weighted by Gasteiger charge is -2.02. The fourth-order valence-corrected chi connectivity index (χ4v) is 1.61. The van der Waals surface area contributed by atoms with Crippen LogP contribution in [-0.2, 0) is 12.7 Å². The van der Waals surface area contributed by atoms with Crippen LogP contribution in [0.1, 0.15) is 11.3 Å². The van der Waals surface area contributed by atoms with E-state index in [0.717, 1.165) is 6.07 Å². The Bertz CT molecular complexity index is 531. The number of hydrogen-bond donors (Lipinski definition) is 2. The van der Waals surface area contributed by atoms with Crippen molar-refractivity contribution in [2.24, 2.45) is 5.73 Å². The summed E-state index contributed by atoms with van der Waals surface area (Å²) in [6.45, 7) is 0.243. The molecule has 0 aliphatic carbocycles. The van der Waals surface area contributed by atoms with E-state index in [1.807, 2.05) is 0 Å². The van der Waals surface area contributed by atoms with Crippen molar-refractivity contribution in [1.29, 1.82) is 0 Å². The molecule has 0 spiro atoms. The molecule has 0 aliphatic rings. The van der Waals surface area contributed by atoms with Crippen molar-refractivity contribution in [3.05, 3.63) is 29.5 Å². The molecule has 6 heteroatoms. The van der Waals surface area contributed by atoms with Crippen molar-refractivity contribution in [2.45, 2.75) is 12.7 Å².